The van der Waals surface area contributed by atoms with E-state index in [2.05, 4.69) is 215 Å². The number of phenols is 2. The predicted molar refractivity (Wildman–Crippen MR) is 255 cm³/mol. The first-order valence-corrected chi connectivity index (χ1v) is 21.8. The lowest BCUT2D eigenvalue weighted by Crippen LogP contribution is -2.25. The van der Waals surface area contributed by atoms with E-state index in [1.807, 2.05) is 0 Å². The summed E-state index contributed by atoms with van der Waals surface area (Å²) in [4.78, 5) is 2.45. The van der Waals surface area contributed by atoms with E-state index in [4.69, 9.17) is 0 Å². The minimum Gasteiger partial charge on any atom is -0.507 e. The Balaban J connectivity index is 1.26. The number of aromatic hydroxyl groups is 2. The van der Waals surface area contributed by atoms with Crippen LogP contribution in [-0.4, -0.2) is 10.2 Å². The maximum atomic E-state index is 11.6. The van der Waals surface area contributed by atoms with E-state index in [1.165, 1.54) is 44.5 Å². The molecule has 0 fully saturated rings. The van der Waals surface area contributed by atoms with Crippen molar-refractivity contribution >= 4 is 5.69 Å². The van der Waals surface area contributed by atoms with E-state index < -0.39 is 0 Å². The molecule has 0 spiro atoms. The topological polar surface area (TPSA) is 43.7 Å². The molecule has 3 nitrogen and oxygen atoms in total. The van der Waals surface area contributed by atoms with Crippen LogP contribution in [0.3, 0.4) is 0 Å². The van der Waals surface area contributed by atoms with Gasteiger partial charge in [-0.05, 0) is 144 Å². The van der Waals surface area contributed by atoms with Crippen molar-refractivity contribution in [2.75, 3.05) is 4.90 Å². The third-order valence-electron chi connectivity index (χ3n) is 11.7. The second-order valence-corrected chi connectivity index (χ2v) is 21.3. The van der Waals surface area contributed by atoms with Crippen LogP contribution < -0.4 is 4.90 Å². The average molecular weight is 800 g/mol. The summed E-state index contributed by atoms with van der Waals surface area (Å²) in [6.45, 7) is 27.4. The molecule has 0 aliphatic heterocycles. The molecule has 6 aromatic rings. The van der Waals surface area contributed by atoms with Crippen LogP contribution in [-0.2, 0) is 54.0 Å². The Bertz CT molecular complexity index is 2210. The first kappa shape index (κ1) is 44.3. The molecule has 6 rings (SSSR count). The number of rotatable bonds is 11. The number of anilines is 1. The summed E-state index contributed by atoms with van der Waals surface area (Å²) in [5.41, 5.74) is 14.3. The van der Waals surface area contributed by atoms with Gasteiger partial charge in [-0.25, -0.2) is 0 Å². The van der Waals surface area contributed by atoms with Gasteiger partial charge in [0.15, 0.2) is 0 Å². The highest BCUT2D eigenvalue weighted by atomic mass is 16.3. The SMILES string of the molecule is CC(C)(C)c1cc(CN(Cc2cc(C(C)(C)C)c(O)c(C(C)(C)C)c2)c2ccc(Cc3ccc(Cc4ccc(Cc5ccccc5)cc4)cc3)cc2)cc(C(C)(C)C)c1O. The molecular formula is C57H69NO2. The number of hydrogen-bond donors (Lipinski definition) is 2. The van der Waals surface area contributed by atoms with E-state index in [0.29, 0.717) is 24.6 Å². The van der Waals surface area contributed by atoms with Crippen molar-refractivity contribution in [3.05, 3.63) is 194 Å². The van der Waals surface area contributed by atoms with Crippen molar-refractivity contribution in [3.8, 4) is 11.5 Å². The molecule has 0 saturated heterocycles. The predicted octanol–water partition coefficient (Wildman–Crippen LogP) is 14.3. The minimum absolute atomic E-state index is 0.223. The number of phenolic OH excluding ortho intramolecular Hbond substituents is 2. The quantitative estimate of drug-likeness (QED) is 0.137. The van der Waals surface area contributed by atoms with Crippen molar-refractivity contribution in [2.24, 2.45) is 0 Å². The Morgan fingerprint density at radius 2 is 0.583 bits per heavy atom. The fraction of sp³-hybridized carbons (Fsp3) is 0.368. The molecule has 60 heavy (non-hydrogen) atoms. The second kappa shape index (κ2) is 17.4. The molecule has 6 aromatic carbocycles. The van der Waals surface area contributed by atoms with Crippen LogP contribution in [0.1, 0.15) is 150 Å². The third-order valence-corrected chi connectivity index (χ3v) is 11.7. The zero-order chi connectivity index (χ0) is 43.6. The normalized spacial score (nSPS) is 12.5. The Hall–Kier alpha value is -5.28. The zero-order valence-corrected chi connectivity index (χ0v) is 38.5. The molecule has 0 aromatic heterocycles. The molecular weight excluding hydrogens is 731 g/mol. The summed E-state index contributed by atoms with van der Waals surface area (Å²) in [6.07, 6.45) is 2.73. The van der Waals surface area contributed by atoms with Crippen molar-refractivity contribution in [1.82, 2.24) is 0 Å². The van der Waals surface area contributed by atoms with Gasteiger partial charge in [0.1, 0.15) is 11.5 Å². The van der Waals surface area contributed by atoms with Gasteiger partial charge in [0, 0.05) is 18.8 Å². The smallest absolute Gasteiger partial charge is 0.123 e. The lowest BCUT2D eigenvalue weighted by atomic mass is 9.78. The summed E-state index contributed by atoms with van der Waals surface area (Å²) in [7, 11) is 0. The molecule has 0 heterocycles. The molecule has 0 aliphatic carbocycles. The van der Waals surface area contributed by atoms with Crippen LogP contribution in [0.2, 0.25) is 0 Å². The summed E-state index contributed by atoms with van der Waals surface area (Å²) < 4.78 is 0. The Kier molecular flexibility index (Phi) is 12.8. The van der Waals surface area contributed by atoms with E-state index in [-0.39, 0.29) is 21.7 Å². The highest BCUT2D eigenvalue weighted by Crippen LogP contribution is 2.42. The van der Waals surface area contributed by atoms with Crippen molar-refractivity contribution in [1.29, 1.82) is 0 Å². The molecule has 3 heteroatoms. The standard InChI is InChI=1S/C57H69NO2/c1-54(2,3)48-33-45(34-49(52(48)59)55(4,5)6)37-58(38-46-35-50(56(7,8)9)53(60)51(36-46)57(10,11)12)47-28-26-44(27-29-47)32-43-24-22-42(23-25-43)31-41-20-18-40(19-21-41)30-39-16-14-13-15-17-39/h13-29,33-36,59-60H,30-32,37-38H2,1-12H3. The maximum Gasteiger partial charge on any atom is 0.123 e. The van der Waals surface area contributed by atoms with Crippen LogP contribution in [0.25, 0.3) is 0 Å². The van der Waals surface area contributed by atoms with Gasteiger partial charge in [-0.3, -0.25) is 0 Å². The Morgan fingerprint density at radius 3 is 0.850 bits per heavy atom. The molecule has 0 amide bonds. The second-order valence-electron chi connectivity index (χ2n) is 21.3. The van der Waals surface area contributed by atoms with Crippen LogP contribution in [0.15, 0.2) is 127 Å². The summed E-state index contributed by atoms with van der Waals surface area (Å²) in [6, 6.07) is 46.7. The van der Waals surface area contributed by atoms with Gasteiger partial charge in [0.2, 0.25) is 0 Å². The highest BCUT2D eigenvalue weighted by Gasteiger charge is 2.29. The molecule has 0 atom stereocenters. The largest absolute Gasteiger partial charge is 0.507 e. The maximum absolute atomic E-state index is 11.6. The van der Waals surface area contributed by atoms with Crippen molar-refractivity contribution < 1.29 is 10.2 Å². The number of benzene rings is 6. The highest BCUT2D eigenvalue weighted by molar-refractivity contribution is 5.55. The average Bonchev–Trinajstić information content (AvgIpc) is 3.16. The molecule has 0 saturated carbocycles. The molecule has 0 unspecified atom stereocenters. The lowest BCUT2D eigenvalue weighted by molar-refractivity contribution is 0.422. The van der Waals surface area contributed by atoms with Crippen molar-refractivity contribution in [2.45, 2.75) is 137 Å². The van der Waals surface area contributed by atoms with Gasteiger partial charge in [0.05, 0.1) is 0 Å². The van der Waals surface area contributed by atoms with E-state index in [9.17, 15) is 10.2 Å². The monoisotopic (exact) mass is 800 g/mol. The molecule has 2 N–H and O–H groups in total. The number of hydrogen-bond acceptors (Lipinski definition) is 3. The van der Waals surface area contributed by atoms with E-state index in [1.54, 1.807) is 0 Å². The molecule has 314 valence electrons. The van der Waals surface area contributed by atoms with Crippen molar-refractivity contribution in [3.63, 3.8) is 0 Å². The lowest BCUT2D eigenvalue weighted by Gasteiger charge is -2.32. The number of nitrogens with zero attached hydrogens (tertiary/aromatic N) is 1. The molecule has 0 bridgehead atoms. The fourth-order valence-corrected chi connectivity index (χ4v) is 8.21. The van der Waals surface area contributed by atoms with Gasteiger partial charge >= 0.3 is 0 Å². The molecule has 0 radical (unpaired) electrons. The third kappa shape index (κ3) is 11.1. The van der Waals surface area contributed by atoms with Crippen LogP contribution in [0.4, 0.5) is 5.69 Å². The fourth-order valence-electron chi connectivity index (χ4n) is 8.21. The first-order chi connectivity index (χ1) is 28.0. The van der Waals surface area contributed by atoms with Gasteiger partial charge in [-0.1, -0.05) is 174 Å². The van der Waals surface area contributed by atoms with Gasteiger partial charge in [0.25, 0.3) is 0 Å². The van der Waals surface area contributed by atoms with Gasteiger partial charge in [-0.15, -0.1) is 0 Å². The Labute approximate surface area is 362 Å². The zero-order valence-electron chi connectivity index (χ0n) is 38.5. The van der Waals surface area contributed by atoms with Gasteiger partial charge in [-0.2, -0.15) is 0 Å². The summed E-state index contributed by atoms with van der Waals surface area (Å²) in [5.74, 6) is 0.804. The van der Waals surface area contributed by atoms with Crippen LogP contribution in [0, 0.1) is 0 Å². The van der Waals surface area contributed by atoms with E-state index in [0.717, 1.165) is 47.2 Å². The summed E-state index contributed by atoms with van der Waals surface area (Å²) in [5, 5.41) is 23.1. The molecule has 0 aliphatic rings. The minimum atomic E-state index is -0.223. The van der Waals surface area contributed by atoms with Crippen LogP contribution >= 0.6 is 0 Å². The first-order valence-electron chi connectivity index (χ1n) is 21.8. The van der Waals surface area contributed by atoms with E-state index >= 15 is 0 Å². The Morgan fingerprint density at radius 1 is 0.333 bits per heavy atom. The summed E-state index contributed by atoms with van der Waals surface area (Å²) >= 11 is 0. The van der Waals surface area contributed by atoms with Crippen LogP contribution in [0.5, 0.6) is 11.5 Å². The van der Waals surface area contributed by atoms with Gasteiger partial charge < -0.3 is 15.1 Å².